The molecule has 1 heterocycles. The molecule has 0 spiro atoms. The van der Waals surface area contributed by atoms with E-state index in [1.165, 1.54) is 29.0 Å². The van der Waals surface area contributed by atoms with Gasteiger partial charge >= 0.3 is 0 Å². The molecule has 0 saturated carbocycles. The summed E-state index contributed by atoms with van der Waals surface area (Å²) in [6.45, 7) is 1.70. The Morgan fingerprint density at radius 3 is 2.50 bits per heavy atom. The lowest BCUT2D eigenvalue weighted by molar-refractivity contribution is 0.296. The topological polar surface area (TPSA) is 31.2 Å². The molecule has 0 atom stereocenters. The molecule has 0 radical (unpaired) electrons. The van der Waals surface area contributed by atoms with Crippen molar-refractivity contribution in [2.45, 2.75) is 20.1 Å². The summed E-state index contributed by atoms with van der Waals surface area (Å²) in [6, 6.07) is 10.8. The maximum Gasteiger partial charge on any atom is 0.257 e. The van der Waals surface area contributed by atoms with Crippen molar-refractivity contribution in [3.05, 3.63) is 99.2 Å². The summed E-state index contributed by atoms with van der Waals surface area (Å²) in [5.41, 5.74) is 0.918. The number of ether oxygens (including phenoxy) is 1. The number of benzene rings is 2. The van der Waals surface area contributed by atoms with Crippen LogP contribution < -0.4 is 10.3 Å². The lowest BCUT2D eigenvalue weighted by atomic mass is 10.2. The normalized spacial score (nSPS) is 10.8. The van der Waals surface area contributed by atoms with Crippen LogP contribution in [0.3, 0.4) is 0 Å². The second-order valence-electron chi connectivity index (χ2n) is 5.89. The molecule has 0 bridgehead atoms. The predicted octanol–water partition coefficient (Wildman–Crippen LogP) is 4.20. The van der Waals surface area contributed by atoms with Crippen LogP contribution in [-0.2, 0) is 13.2 Å². The van der Waals surface area contributed by atoms with Crippen LogP contribution in [-0.4, -0.2) is 4.57 Å². The Balaban J connectivity index is 1.78. The number of hydrogen-bond donors (Lipinski definition) is 0. The highest BCUT2D eigenvalue weighted by Gasteiger charge is 2.10. The molecule has 3 aromatic rings. The van der Waals surface area contributed by atoms with E-state index >= 15 is 0 Å². The van der Waals surface area contributed by atoms with Crippen LogP contribution in [0.15, 0.2) is 59.5 Å². The fourth-order valence-corrected chi connectivity index (χ4v) is 2.58. The first kappa shape index (κ1) is 17.8. The Labute approximate surface area is 148 Å². The molecular weight excluding hydrogens is 343 g/mol. The molecule has 2 aromatic carbocycles. The van der Waals surface area contributed by atoms with Crippen molar-refractivity contribution in [3.63, 3.8) is 0 Å². The van der Waals surface area contributed by atoms with Gasteiger partial charge in [-0.25, -0.2) is 13.2 Å². The van der Waals surface area contributed by atoms with Crippen LogP contribution in [0.5, 0.6) is 5.75 Å². The van der Waals surface area contributed by atoms with Gasteiger partial charge < -0.3 is 9.30 Å². The van der Waals surface area contributed by atoms with Crippen LogP contribution in [0.4, 0.5) is 13.2 Å². The smallest absolute Gasteiger partial charge is 0.257 e. The number of aromatic nitrogens is 1. The van der Waals surface area contributed by atoms with E-state index in [2.05, 4.69) is 0 Å². The Kier molecular flexibility index (Phi) is 5.11. The molecule has 0 aliphatic rings. The van der Waals surface area contributed by atoms with Gasteiger partial charge in [-0.05, 0) is 42.8 Å². The van der Waals surface area contributed by atoms with Crippen molar-refractivity contribution in [3.8, 4) is 5.75 Å². The Morgan fingerprint density at radius 1 is 1.00 bits per heavy atom. The Hall–Kier alpha value is -3.02. The summed E-state index contributed by atoms with van der Waals surface area (Å²) >= 11 is 0. The van der Waals surface area contributed by atoms with Crippen LogP contribution in [0.25, 0.3) is 0 Å². The first-order valence-electron chi connectivity index (χ1n) is 7.95. The summed E-state index contributed by atoms with van der Waals surface area (Å²) in [7, 11) is 0. The van der Waals surface area contributed by atoms with Gasteiger partial charge in [0.15, 0.2) is 0 Å². The summed E-state index contributed by atoms with van der Waals surface area (Å²) in [6.07, 6.45) is 1.54. The molecule has 1 aromatic heterocycles. The minimum atomic E-state index is -0.706. The van der Waals surface area contributed by atoms with Crippen molar-refractivity contribution >= 4 is 0 Å². The third kappa shape index (κ3) is 3.96. The second kappa shape index (κ2) is 7.47. The zero-order valence-corrected chi connectivity index (χ0v) is 14.0. The fraction of sp³-hybridized carbons (Fsp3) is 0.150. The largest absolute Gasteiger partial charge is 0.488 e. The van der Waals surface area contributed by atoms with Crippen molar-refractivity contribution < 1.29 is 17.9 Å². The Morgan fingerprint density at radius 2 is 1.77 bits per heavy atom. The highest BCUT2D eigenvalue weighted by atomic mass is 19.1. The van der Waals surface area contributed by atoms with Crippen molar-refractivity contribution in [1.82, 2.24) is 4.57 Å². The van der Waals surface area contributed by atoms with Gasteiger partial charge in [0.1, 0.15) is 29.8 Å². The van der Waals surface area contributed by atoms with Gasteiger partial charge in [0.25, 0.3) is 5.56 Å². The second-order valence-corrected chi connectivity index (χ2v) is 5.89. The minimum absolute atomic E-state index is 0.125. The maximum atomic E-state index is 13.7. The summed E-state index contributed by atoms with van der Waals surface area (Å²) < 4.78 is 46.8. The summed E-state index contributed by atoms with van der Waals surface area (Å²) in [5, 5.41) is 0. The molecule has 0 aliphatic carbocycles. The van der Waals surface area contributed by atoms with E-state index in [-0.39, 0.29) is 30.1 Å². The van der Waals surface area contributed by atoms with E-state index in [9.17, 15) is 18.0 Å². The standard InChI is InChI=1S/C20H16F3NO2/c1-13-19(26-12-15-5-6-17(22)10-18(15)23)7-8-24(20(13)25)11-14-3-2-4-16(21)9-14/h2-10H,11-12H2,1H3. The molecule has 0 saturated heterocycles. The number of halogens is 3. The van der Waals surface area contributed by atoms with Crippen LogP contribution in [0.1, 0.15) is 16.7 Å². The summed E-state index contributed by atoms with van der Waals surface area (Å²) in [4.78, 5) is 12.5. The average Bonchev–Trinajstić information content (AvgIpc) is 2.60. The number of pyridine rings is 1. The minimum Gasteiger partial charge on any atom is -0.488 e. The van der Waals surface area contributed by atoms with E-state index in [1.807, 2.05) is 0 Å². The molecule has 0 fully saturated rings. The zero-order chi connectivity index (χ0) is 18.7. The number of rotatable bonds is 5. The van der Waals surface area contributed by atoms with Gasteiger partial charge in [0.2, 0.25) is 0 Å². The molecule has 3 nitrogen and oxygen atoms in total. The fourth-order valence-electron chi connectivity index (χ4n) is 2.58. The Bertz CT molecular complexity index is 999. The number of hydrogen-bond acceptors (Lipinski definition) is 2. The van der Waals surface area contributed by atoms with Gasteiger partial charge in [0.05, 0.1) is 12.1 Å². The molecule has 0 N–H and O–H groups in total. The molecule has 26 heavy (non-hydrogen) atoms. The first-order valence-corrected chi connectivity index (χ1v) is 7.95. The highest BCUT2D eigenvalue weighted by Crippen LogP contribution is 2.17. The van der Waals surface area contributed by atoms with Gasteiger partial charge in [-0.15, -0.1) is 0 Å². The predicted molar refractivity (Wildman–Crippen MR) is 91.6 cm³/mol. The summed E-state index contributed by atoms with van der Waals surface area (Å²) in [5.74, 6) is -1.42. The zero-order valence-electron chi connectivity index (χ0n) is 14.0. The molecule has 6 heteroatoms. The van der Waals surface area contributed by atoms with E-state index in [1.54, 1.807) is 25.1 Å². The SMILES string of the molecule is Cc1c(OCc2ccc(F)cc2F)ccn(Cc2cccc(F)c2)c1=O. The molecular formula is C20H16F3NO2. The van der Waals surface area contributed by atoms with Crippen molar-refractivity contribution in [2.75, 3.05) is 0 Å². The third-order valence-electron chi connectivity index (χ3n) is 4.00. The van der Waals surface area contributed by atoms with E-state index in [0.717, 1.165) is 12.1 Å². The lowest BCUT2D eigenvalue weighted by Gasteiger charge is -2.12. The third-order valence-corrected chi connectivity index (χ3v) is 4.00. The van der Waals surface area contributed by atoms with E-state index in [0.29, 0.717) is 16.9 Å². The van der Waals surface area contributed by atoms with Crippen LogP contribution in [0.2, 0.25) is 0 Å². The van der Waals surface area contributed by atoms with Gasteiger partial charge in [-0.3, -0.25) is 4.79 Å². The molecule has 0 unspecified atom stereocenters. The van der Waals surface area contributed by atoms with Gasteiger partial charge in [0, 0.05) is 17.8 Å². The quantitative estimate of drug-likeness (QED) is 0.684. The van der Waals surface area contributed by atoms with Crippen LogP contribution in [0, 0.1) is 24.4 Å². The average molecular weight is 359 g/mol. The van der Waals surface area contributed by atoms with Gasteiger partial charge in [-0.1, -0.05) is 12.1 Å². The maximum absolute atomic E-state index is 13.7. The molecule has 0 aliphatic heterocycles. The molecule has 3 rings (SSSR count). The molecule has 0 amide bonds. The first-order chi connectivity index (χ1) is 12.4. The number of nitrogens with zero attached hydrogens (tertiary/aromatic N) is 1. The van der Waals surface area contributed by atoms with Gasteiger partial charge in [-0.2, -0.15) is 0 Å². The van der Waals surface area contributed by atoms with E-state index < -0.39 is 11.6 Å². The highest BCUT2D eigenvalue weighted by molar-refractivity contribution is 5.30. The van der Waals surface area contributed by atoms with E-state index in [4.69, 9.17) is 4.74 Å². The monoisotopic (exact) mass is 359 g/mol. The molecule has 134 valence electrons. The lowest BCUT2D eigenvalue weighted by Crippen LogP contribution is -2.23. The van der Waals surface area contributed by atoms with Crippen LogP contribution >= 0.6 is 0 Å². The van der Waals surface area contributed by atoms with Crippen molar-refractivity contribution in [2.24, 2.45) is 0 Å². The van der Waals surface area contributed by atoms with Crippen molar-refractivity contribution in [1.29, 1.82) is 0 Å².